The summed E-state index contributed by atoms with van der Waals surface area (Å²) in [5.74, 6) is -0.0516. The van der Waals surface area contributed by atoms with E-state index in [9.17, 15) is 15.0 Å². The number of carbonyl (C=O) groups is 1. The van der Waals surface area contributed by atoms with Crippen LogP contribution in [0.25, 0.3) is 0 Å². The first-order chi connectivity index (χ1) is 9.13. The Kier molecular flexibility index (Phi) is 4.53. The third-order valence-electron chi connectivity index (χ3n) is 3.55. The zero-order chi connectivity index (χ0) is 13.8. The highest BCUT2D eigenvalue weighted by atomic mass is 35.5. The quantitative estimate of drug-likeness (QED) is 0.662. The molecule has 1 amide bonds. The molecule has 0 bridgehead atoms. The second-order valence-electron chi connectivity index (χ2n) is 4.83. The highest BCUT2D eigenvalue weighted by Crippen LogP contribution is 2.27. The first-order valence-corrected chi connectivity index (χ1v) is 7.06. The third kappa shape index (κ3) is 3.13. The van der Waals surface area contributed by atoms with E-state index in [2.05, 4.69) is 0 Å². The van der Waals surface area contributed by atoms with E-state index in [4.69, 9.17) is 11.6 Å². The molecule has 1 fully saturated rings. The summed E-state index contributed by atoms with van der Waals surface area (Å²) in [5, 5.41) is 18.8. The van der Waals surface area contributed by atoms with Crippen LogP contribution < -0.4 is 0 Å². The van der Waals surface area contributed by atoms with Crippen LogP contribution in [0.15, 0.2) is 18.2 Å². The molecule has 1 aliphatic heterocycles. The number of nitrogens with zero attached hydrogens (tertiary/aromatic N) is 1. The second kappa shape index (κ2) is 6.15. The minimum atomic E-state index is -0.267. The summed E-state index contributed by atoms with van der Waals surface area (Å²) in [5.41, 5.74) is 0.400. The van der Waals surface area contributed by atoms with Crippen LogP contribution in [0.1, 0.15) is 36.0 Å². The Bertz CT molecular complexity index is 462. The van der Waals surface area contributed by atoms with Crippen LogP contribution >= 0.6 is 11.6 Å². The molecule has 0 aliphatic carbocycles. The number of likely N-dealkylation sites (tertiary alicyclic amines) is 1. The lowest BCUT2D eigenvalue weighted by atomic mass is 9.98. The number of alkyl halides is 1. The molecular weight excluding hydrogens is 266 g/mol. The van der Waals surface area contributed by atoms with Crippen molar-refractivity contribution >= 4 is 17.5 Å². The van der Waals surface area contributed by atoms with E-state index in [1.165, 1.54) is 18.2 Å². The standard InChI is InChI=1S/C14H18ClNO3/c15-7-6-11-3-1-2-8-16(11)14(19)10-4-5-12(17)13(18)9-10/h4-5,9,11,17-18H,1-3,6-8H2. The number of benzene rings is 1. The highest BCUT2D eigenvalue weighted by molar-refractivity contribution is 6.17. The fourth-order valence-corrected chi connectivity index (χ4v) is 2.77. The predicted octanol–water partition coefficient (Wildman–Crippen LogP) is 2.72. The Morgan fingerprint density at radius 2 is 2.11 bits per heavy atom. The zero-order valence-electron chi connectivity index (χ0n) is 10.7. The summed E-state index contributed by atoms with van der Waals surface area (Å²) in [6.45, 7) is 0.724. The van der Waals surface area contributed by atoms with Gasteiger partial charge in [-0.1, -0.05) is 0 Å². The van der Waals surface area contributed by atoms with Gasteiger partial charge in [-0.2, -0.15) is 0 Å². The van der Waals surface area contributed by atoms with E-state index in [0.29, 0.717) is 11.4 Å². The molecule has 0 aromatic heterocycles. The molecule has 0 saturated carbocycles. The lowest BCUT2D eigenvalue weighted by Gasteiger charge is -2.35. The fraction of sp³-hybridized carbons (Fsp3) is 0.500. The third-order valence-corrected chi connectivity index (χ3v) is 3.77. The zero-order valence-corrected chi connectivity index (χ0v) is 11.4. The number of amides is 1. The summed E-state index contributed by atoms with van der Waals surface area (Å²) in [6, 6.07) is 4.35. The maximum absolute atomic E-state index is 12.4. The lowest BCUT2D eigenvalue weighted by Crippen LogP contribution is -2.43. The number of phenols is 2. The first-order valence-electron chi connectivity index (χ1n) is 6.52. The number of hydrogen-bond acceptors (Lipinski definition) is 3. The Morgan fingerprint density at radius 1 is 1.32 bits per heavy atom. The van der Waals surface area contributed by atoms with E-state index in [1.807, 2.05) is 4.90 Å². The van der Waals surface area contributed by atoms with Crippen LogP contribution in [0.3, 0.4) is 0 Å². The molecular formula is C14H18ClNO3. The van der Waals surface area contributed by atoms with Crippen molar-refractivity contribution in [1.29, 1.82) is 0 Å². The molecule has 1 aliphatic rings. The smallest absolute Gasteiger partial charge is 0.254 e. The molecule has 0 spiro atoms. The maximum Gasteiger partial charge on any atom is 0.254 e. The van der Waals surface area contributed by atoms with Crippen molar-refractivity contribution in [1.82, 2.24) is 4.90 Å². The maximum atomic E-state index is 12.4. The summed E-state index contributed by atoms with van der Waals surface area (Å²) in [4.78, 5) is 14.3. The van der Waals surface area contributed by atoms with Crippen molar-refractivity contribution in [3.63, 3.8) is 0 Å². The van der Waals surface area contributed by atoms with Crippen LogP contribution in [0, 0.1) is 0 Å². The normalized spacial score (nSPS) is 19.4. The van der Waals surface area contributed by atoms with Crippen LogP contribution in [0.4, 0.5) is 0 Å². The second-order valence-corrected chi connectivity index (χ2v) is 5.21. The van der Waals surface area contributed by atoms with E-state index in [1.54, 1.807) is 0 Å². The minimum Gasteiger partial charge on any atom is -0.504 e. The van der Waals surface area contributed by atoms with Gasteiger partial charge in [0, 0.05) is 24.0 Å². The van der Waals surface area contributed by atoms with Crippen molar-refractivity contribution in [2.24, 2.45) is 0 Å². The molecule has 104 valence electrons. The number of phenolic OH excluding ortho intramolecular Hbond substituents is 2. The number of hydrogen-bond donors (Lipinski definition) is 2. The molecule has 2 rings (SSSR count). The molecule has 19 heavy (non-hydrogen) atoms. The number of carbonyl (C=O) groups excluding carboxylic acids is 1. The van der Waals surface area contributed by atoms with E-state index in [0.717, 1.165) is 32.2 Å². The Balaban J connectivity index is 2.18. The van der Waals surface area contributed by atoms with Crippen LogP contribution in [-0.2, 0) is 0 Å². The van der Waals surface area contributed by atoms with Crippen LogP contribution in [0.5, 0.6) is 11.5 Å². The Hall–Kier alpha value is -1.42. The van der Waals surface area contributed by atoms with Crippen LogP contribution in [0.2, 0.25) is 0 Å². The highest BCUT2D eigenvalue weighted by Gasteiger charge is 2.27. The molecule has 0 radical (unpaired) electrons. The van der Waals surface area contributed by atoms with E-state index >= 15 is 0 Å². The summed E-state index contributed by atoms with van der Waals surface area (Å²) < 4.78 is 0. The average molecular weight is 284 g/mol. The molecule has 1 heterocycles. The average Bonchev–Trinajstić information content (AvgIpc) is 2.42. The summed E-state index contributed by atoms with van der Waals surface area (Å²) >= 11 is 5.79. The molecule has 1 unspecified atom stereocenters. The van der Waals surface area contributed by atoms with Gasteiger partial charge in [-0.15, -0.1) is 11.6 Å². The van der Waals surface area contributed by atoms with Gasteiger partial charge in [0.15, 0.2) is 11.5 Å². The number of piperidine rings is 1. The minimum absolute atomic E-state index is 0.106. The largest absolute Gasteiger partial charge is 0.504 e. The number of rotatable bonds is 3. The summed E-state index contributed by atoms with van der Waals surface area (Å²) in [6.07, 6.45) is 3.88. The molecule has 5 heteroatoms. The van der Waals surface area contributed by atoms with Gasteiger partial charge in [-0.05, 0) is 43.9 Å². The van der Waals surface area contributed by atoms with E-state index < -0.39 is 0 Å². The van der Waals surface area contributed by atoms with Gasteiger partial charge in [0.2, 0.25) is 0 Å². The van der Waals surface area contributed by atoms with Crippen LogP contribution in [-0.4, -0.2) is 39.5 Å². The van der Waals surface area contributed by atoms with Gasteiger partial charge >= 0.3 is 0 Å². The molecule has 1 aromatic carbocycles. The van der Waals surface area contributed by atoms with Gasteiger partial charge in [-0.3, -0.25) is 4.79 Å². The van der Waals surface area contributed by atoms with Gasteiger partial charge in [0.05, 0.1) is 0 Å². The topological polar surface area (TPSA) is 60.8 Å². The van der Waals surface area contributed by atoms with Gasteiger partial charge in [0.25, 0.3) is 5.91 Å². The Labute approximate surface area is 117 Å². The predicted molar refractivity (Wildman–Crippen MR) is 73.8 cm³/mol. The molecule has 1 atom stereocenters. The number of halogens is 1. The summed E-state index contributed by atoms with van der Waals surface area (Å²) in [7, 11) is 0. The molecule has 1 aromatic rings. The van der Waals surface area contributed by atoms with E-state index in [-0.39, 0.29) is 23.4 Å². The first kappa shape index (κ1) is 14.0. The van der Waals surface area contributed by atoms with Gasteiger partial charge in [-0.25, -0.2) is 0 Å². The number of aromatic hydroxyl groups is 2. The van der Waals surface area contributed by atoms with Crippen molar-refractivity contribution < 1.29 is 15.0 Å². The van der Waals surface area contributed by atoms with Crippen molar-refractivity contribution in [3.8, 4) is 11.5 Å². The Morgan fingerprint density at radius 3 is 2.79 bits per heavy atom. The van der Waals surface area contributed by atoms with Crippen molar-refractivity contribution in [2.45, 2.75) is 31.7 Å². The molecule has 2 N–H and O–H groups in total. The van der Waals surface area contributed by atoms with Gasteiger partial charge < -0.3 is 15.1 Å². The lowest BCUT2D eigenvalue weighted by molar-refractivity contribution is 0.0609. The monoisotopic (exact) mass is 283 g/mol. The SMILES string of the molecule is O=C(c1ccc(O)c(O)c1)N1CCCCC1CCCl. The fourth-order valence-electron chi connectivity index (χ4n) is 2.52. The molecule has 1 saturated heterocycles. The van der Waals surface area contributed by atoms with Gasteiger partial charge in [0.1, 0.15) is 0 Å². The van der Waals surface area contributed by atoms with Crippen molar-refractivity contribution in [2.75, 3.05) is 12.4 Å². The molecule has 4 nitrogen and oxygen atoms in total. The van der Waals surface area contributed by atoms with Crippen molar-refractivity contribution in [3.05, 3.63) is 23.8 Å².